The molecular weight excluding hydrogens is 170 g/mol. The van der Waals surface area contributed by atoms with Gasteiger partial charge in [0.1, 0.15) is 13.0 Å². The van der Waals surface area contributed by atoms with E-state index in [4.69, 9.17) is 5.73 Å². The molecule has 0 aromatic carbocycles. The number of hydrogen-bond acceptors (Lipinski definition) is 6. The van der Waals surface area contributed by atoms with Gasteiger partial charge >= 0.3 is 0 Å². The van der Waals surface area contributed by atoms with Crippen molar-refractivity contribution in [2.75, 3.05) is 20.4 Å². The fourth-order valence-corrected chi connectivity index (χ4v) is 0.273. The molecule has 0 unspecified atom stereocenters. The summed E-state index contributed by atoms with van der Waals surface area (Å²) in [5.41, 5.74) is 4.98. The molecule has 0 rings (SSSR count). The predicted octanol–water partition coefficient (Wildman–Crippen LogP) is 1.16. The van der Waals surface area contributed by atoms with E-state index >= 15 is 0 Å². The van der Waals surface area contributed by atoms with Gasteiger partial charge in [0.2, 0.25) is 0 Å². The molecule has 0 fully saturated rings. The quantitative estimate of drug-likeness (QED) is 0.404. The van der Waals surface area contributed by atoms with Crippen molar-refractivity contribution in [3.63, 3.8) is 0 Å². The van der Waals surface area contributed by atoms with Gasteiger partial charge in [0.25, 0.3) is 0 Å². The van der Waals surface area contributed by atoms with Gasteiger partial charge in [-0.3, -0.25) is 4.79 Å². The molecule has 0 bridgehead atoms. The molecule has 6 heteroatoms. The summed E-state index contributed by atoms with van der Waals surface area (Å²) < 4.78 is 0. The highest BCUT2D eigenvalue weighted by Crippen LogP contribution is 1.74. The van der Waals surface area contributed by atoms with Crippen LogP contribution in [0.3, 0.4) is 0 Å². The molecule has 6 nitrogen and oxygen atoms in total. The van der Waals surface area contributed by atoms with E-state index in [0.29, 0.717) is 0 Å². The molecule has 0 atom stereocenters. The summed E-state index contributed by atoms with van der Waals surface area (Å²) in [5, 5.41) is 13.9. The van der Waals surface area contributed by atoms with Crippen LogP contribution in [0.2, 0.25) is 0 Å². The lowest BCUT2D eigenvalue weighted by atomic mass is 10.6. The van der Waals surface area contributed by atoms with Crippen LogP contribution >= 0.6 is 0 Å². The van der Waals surface area contributed by atoms with Crippen LogP contribution in [0.5, 0.6) is 0 Å². The highest BCUT2D eigenvalue weighted by atomic mass is 16.1. The van der Waals surface area contributed by atoms with Crippen molar-refractivity contribution >= 4 is 6.29 Å². The van der Waals surface area contributed by atoms with Crippen LogP contribution in [0.4, 0.5) is 0 Å². The summed E-state index contributed by atoms with van der Waals surface area (Å²) >= 11 is 0. The van der Waals surface area contributed by atoms with Crippen molar-refractivity contribution in [3.05, 3.63) is 12.2 Å². The predicted molar refractivity (Wildman–Crippen MR) is 50.4 cm³/mol. The molecule has 0 radical (unpaired) electrons. The van der Waals surface area contributed by atoms with Gasteiger partial charge in [0.05, 0.1) is 0 Å². The molecule has 0 saturated heterocycles. The number of allylic oxidation sites excluding steroid dienone is 2. The van der Waals surface area contributed by atoms with Crippen LogP contribution in [0.15, 0.2) is 32.6 Å². The van der Waals surface area contributed by atoms with Gasteiger partial charge < -0.3 is 5.73 Å². The first kappa shape index (κ1) is 14.1. The molecule has 0 aromatic heterocycles. The SMILES string of the molecule is C/C=C/C=O.CN=NCN=NCN. The molecule has 0 aliphatic carbocycles. The standard InChI is InChI=1S/C4H6O.C3H9N5/c1-2-3-4-5;1-5-7-3-8-6-2-4/h2-4H,1H3;2-4H2,1H3/b3-2+;. The number of nitrogens with two attached hydrogens (primary N) is 1. The maximum absolute atomic E-state index is 9.32. The molecule has 74 valence electrons. The molecule has 2 N–H and O–H groups in total. The van der Waals surface area contributed by atoms with Crippen LogP contribution in [-0.2, 0) is 4.79 Å². The van der Waals surface area contributed by atoms with E-state index in [0.717, 1.165) is 6.29 Å². The van der Waals surface area contributed by atoms with Crippen LogP contribution < -0.4 is 5.73 Å². The Morgan fingerprint density at radius 2 is 2.00 bits per heavy atom. The largest absolute Gasteiger partial charge is 0.311 e. The number of azo groups is 2. The van der Waals surface area contributed by atoms with Gasteiger partial charge in [-0.1, -0.05) is 6.08 Å². The lowest BCUT2D eigenvalue weighted by Crippen LogP contribution is -1.91. The molecule has 0 aliphatic rings. The van der Waals surface area contributed by atoms with Crippen LogP contribution in [-0.4, -0.2) is 26.7 Å². The Balaban J connectivity index is 0. The second kappa shape index (κ2) is 16.9. The molecule has 0 heterocycles. The fourth-order valence-electron chi connectivity index (χ4n) is 0.273. The van der Waals surface area contributed by atoms with E-state index in [1.165, 1.54) is 6.08 Å². The third kappa shape index (κ3) is 25.0. The zero-order valence-corrected chi connectivity index (χ0v) is 7.92. The number of hydrogen-bond donors (Lipinski definition) is 1. The number of carbonyl (C=O) groups excluding carboxylic acids is 1. The minimum absolute atomic E-state index is 0.221. The topological polar surface area (TPSA) is 92.5 Å². The summed E-state index contributed by atoms with van der Waals surface area (Å²) in [6.07, 6.45) is 3.88. The minimum Gasteiger partial charge on any atom is -0.311 e. The highest BCUT2D eigenvalue weighted by Gasteiger charge is 1.67. The molecule has 13 heavy (non-hydrogen) atoms. The summed E-state index contributed by atoms with van der Waals surface area (Å²) in [5.74, 6) is 0. The zero-order valence-electron chi connectivity index (χ0n) is 7.92. The number of nitrogens with zero attached hydrogens (tertiary/aromatic N) is 4. The van der Waals surface area contributed by atoms with Crippen molar-refractivity contribution in [1.29, 1.82) is 0 Å². The Hall–Kier alpha value is -1.43. The molecule has 0 aromatic rings. The van der Waals surface area contributed by atoms with E-state index in [9.17, 15) is 4.79 Å². The van der Waals surface area contributed by atoms with Gasteiger partial charge in [-0.2, -0.15) is 20.5 Å². The first-order valence-corrected chi connectivity index (χ1v) is 3.68. The van der Waals surface area contributed by atoms with E-state index in [2.05, 4.69) is 20.5 Å². The summed E-state index contributed by atoms with van der Waals surface area (Å²) in [4.78, 5) is 9.32. The number of aldehydes is 1. The van der Waals surface area contributed by atoms with Crippen molar-refractivity contribution in [2.24, 2.45) is 26.2 Å². The van der Waals surface area contributed by atoms with E-state index in [1.807, 2.05) is 0 Å². The lowest BCUT2D eigenvalue weighted by Gasteiger charge is -1.77. The summed E-state index contributed by atoms with van der Waals surface area (Å²) in [6.45, 7) is 2.31. The van der Waals surface area contributed by atoms with Gasteiger partial charge in [-0.05, 0) is 13.0 Å². The van der Waals surface area contributed by atoms with Gasteiger partial charge in [-0.25, -0.2) is 0 Å². The average Bonchev–Trinajstić information content (AvgIpc) is 2.15. The normalized spacial score (nSPS) is 10.7. The van der Waals surface area contributed by atoms with Crippen molar-refractivity contribution in [3.8, 4) is 0 Å². The van der Waals surface area contributed by atoms with Gasteiger partial charge in [0, 0.05) is 7.05 Å². The van der Waals surface area contributed by atoms with Crippen molar-refractivity contribution in [1.82, 2.24) is 0 Å². The van der Waals surface area contributed by atoms with Crippen molar-refractivity contribution in [2.45, 2.75) is 6.92 Å². The maximum Gasteiger partial charge on any atom is 0.170 e. The molecule has 0 spiro atoms. The van der Waals surface area contributed by atoms with Crippen LogP contribution in [0.1, 0.15) is 6.92 Å². The van der Waals surface area contributed by atoms with Crippen LogP contribution in [0.25, 0.3) is 0 Å². The molecule has 0 amide bonds. The smallest absolute Gasteiger partial charge is 0.170 e. The van der Waals surface area contributed by atoms with E-state index < -0.39 is 0 Å². The van der Waals surface area contributed by atoms with Gasteiger partial charge in [-0.15, -0.1) is 0 Å². The van der Waals surface area contributed by atoms with Gasteiger partial charge in [0.15, 0.2) is 6.67 Å². The molecule has 0 saturated carbocycles. The minimum atomic E-state index is 0.221. The number of rotatable bonds is 4. The Kier molecular flexibility index (Phi) is 18.3. The number of carbonyl (C=O) groups is 1. The second-order valence-corrected chi connectivity index (χ2v) is 1.61. The zero-order chi connectivity index (χ0) is 10.4. The third-order valence-corrected chi connectivity index (χ3v) is 0.721. The Labute approximate surface area is 77.6 Å². The average molecular weight is 185 g/mol. The third-order valence-electron chi connectivity index (χ3n) is 0.721. The highest BCUT2D eigenvalue weighted by molar-refractivity contribution is 5.64. The fraction of sp³-hybridized carbons (Fsp3) is 0.571. The Bertz CT molecular complexity index is 176. The Morgan fingerprint density at radius 1 is 1.31 bits per heavy atom. The summed E-state index contributed by atoms with van der Waals surface area (Å²) in [7, 11) is 1.58. The van der Waals surface area contributed by atoms with Crippen molar-refractivity contribution < 1.29 is 4.79 Å². The monoisotopic (exact) mass is 185 g/mol. The summed E-state index contributed by atoms with van der Waals surface area (Å²) in [6, 6.07) is 0. The van der Waals surface area contributed by atoms with E-state index in [-0.39, 0.29) is 13.3 Å². The Morgan fingerprint density at radius 3 is 2.31 bits per heavy atom. The molecule has 0 aliphatic heterocycles. The van der Waals surface area contributed by atoms with E-state index in [1.54, 1.807) is 20.0 Å². The first-order chi connectivity index (χ1) is 6.33. The maximum atomic E-state index is 9.32. The first-order valence-electron chi connectivity index (χ1n) is 3.68. The lowest BCUT2D eigenvalue weighted by molar-refractivity contribution is -0.104. The molecular formula is C7H15N5O. The second-order valence-electron chi connectivity index (χ2n) is 1.61. The van der Waals surface area contributed by atoms with Crippen LogP contribution in [0, 0.1) is 0 Å².